The van der Waals surface area contributed by atoms with Crippen molar-refractivity contribution in [2.45, 2.75) is 86.0 Å². The van der Waals surface area contributed by atoms with E-state index in [-0.39, 0.29) is 10.8 Å². The quantitative estimate of drug-likeness (QED) is 0.517. The van der Waals surface area contributed by atoms with Crippen LogP contribution in [0, 0.1) is 13.8 Å². The zero-order valence-corrected chi connectivity index (χ0v) is 21.4. The smallest absolute Gasteiger partial charge is 0.588 e. The molecule has 1 aliphatic rings. The summed E-state index contributed by atoms with van der Waals surface area (Å²) >= 11 is -2.43. The molecule has 0 radical (unpaired) electrons. The third kappa shape index (κ3) is 5.05. The molecular formula is C26H37AlO3. The fourth-order valence-corrected chi connectivity index (χ4v) is 5.55. The lowest BCUT2D eigenvalue weighted by Crippen LogP contribution is -2.36. The highest BCUT2D eigenvalue weighted by molar-refractivity contribution is 6.38. The molecule has 0 unspecified atom stereocenters. The number of hydrogen-bond acceptors (Lipinski definition) is 3. The number of fused-ring (bicyclic) bond motifs is 2. The van der Waals surface area contributed by atoms with Gasteiger partial charge in [0.1, 0.15) is 0 Å². The fraction of sp³-hybridized carbons (Fsp3) is 0.538. The fourth-order valence-electron chi connectivity index (χ4n) is 4.15. The summed E-state index contributed by atoms with van der Waals surface area (Å²) in [7, 11) is 0. The summed E-state index contributed by atoms with van der Waals surface area (Å²) in [6.07, 6.45) is 1.85. The van der Waals surface area contributed by atoms with Gasteiger partial charge in [0.25, 0.3) is 0 Å². The Morgan fingerprint density at radius 3 is 1.50 bits per heavy atom. The first kappa shape index (κ1) is 23.2. The van der Waals surface area contributed by atoms with Gasteiger partial charge in [-0.3, -0.25) is 0 Å². The van der Waals surface area contributed by atoms with E-state index < -0.39 is 15.1 Å². The van der Waals surface area contributed by atoms with E-state index in [0.29, 0.717) is 6.61 Å². The van der Waals surface area contributed by atoms with Gasteiger partial charge in [0.05, 0.1) is 11.5 Å². The highest BCUT2D eigenvalue weighted by atomic mass is 27.3. The Hall–Kier alpha value is -1.47. The monoisotopic (exact) mass is 424 g/mol. The van der Waals surface area contributed by atoms with E-state index in [1.807, 2.05) is 6.92 Å². The van der Waals surface area contributed by atoms with E-state index in [0.717, 1.165) is 24.3 Å². The Morgan fingerprint density at radius 2 is 1.17 bits per heavy atom. The van der Waals surface area contributed by atoms with Crippen molar-refractivity contribution in [2.75, 3.05) is 6.61 Å². The summed E-state index contributed by atoms with van der Waals surface area (Å²) in [6, 6.07) is 9.05. The van der Waals surface area contributed by atoms with Gasteiger partial charge in [0.2, 0.25) is 0 Å². The topological polar surface area (TPSA) is 27.7 Å². The molecule has 0 N–H and O–H groups in total. The predicted molar refractivity (Wildman–Crippen MR) is 126 cm³/mol. The van der Waals surface area contributed by atoms with Crippen LogP contribution < -0.4 is 7.58 Å². The average Bonchev–Trinajstić information content (AvgIpc) is 2.67. The molecule has 0 atom stereocenters. The third-order valence-electron chi connectivity index (χ3n) is 5.63. The van der Waals surface area contributed by atoms with E-state index in [9.17, 15) is 0 Å². The van der Waals surface area contributed by atoms with Crippen LogP contribution in [0.3, 0.4) is 0 Å². The molecule has 3 rings (SSSR count). The van der Waals surface area contributed by atoms with Crippen LogP contribution in [0.25, 0.3) is 0 Å². The maximum atomic E-state index is 6.62. The van der Waals surface area contributed by atoms with Crippen LogP contribution in [0.5, 0.6) is 11.5 Å². The molecule has 4 heteroatoms. The molecule has 30 heavy (non-hydrogen) atoms. The first-order chi connectivity index (χ1) is 13.9. The molecule has 0 saturated heterocycles. The van der Waals surface area contributed by atoms with Crippen molar-refractivity contribution in [1.82, 2.24) is 0 Å². The first-order valence-electron chi connectivity index (χ1n) is 11.1. The lowest BCUT2D eigenvalue weighted by atomic mass is 9.82. The summed E-state index contributed by atoms with van der Waals surface area (Å²) < 4.78 is 19.3. The molecule has 0 aromatic heterocycles. The van der Waals surface area contributed by atoms with Crippen molar-refractivity contribution in [2.24, 2.45) is 0 Å². The second kappa shape index (κ2) is 8.58. The number of rotatable bonds is 2. The van der Waals surface area contributed by atoms with Gasteiger partial charge in [-0.25, -0.2) is 0 Å². The predicted octanol–water partition coefficient (Wildman–Crippen LogP) is 6.48. The van der Waals surface area contributed by atoms with Crippen molar-refractivity contribution in [3.63, 3.8) is 0 Å². The van der Waals surface area contributed by atoms with Crippen molar-refractivity contribution < 1.29 is 11.4 Å². The number of benzene rings is 2. The minimum atomic E-state index is -2.43. The second-order valence-corrected chi connectivity index (χ2v) is 12.0. The van der Waals surface area contributed by atoms with Gasteiger partial charge < -0.3 is 11.4 Å². The molecule has 2 aromatic rings. The molecule has 1 heterocycles. The van der Waals surface area contributed by atoms with E-state index >= 15 is 0 Å². The van der Waals surface area contributed by atoms with Gasteiger partial charge in [-0.1, -0.05) is 76.9 Å². The molecule has 0 amide bonds. The number of hydrogen-bond donors (Lipinski definition) is 0. The van der Waals surface area contributed by atoms with Crippen molar-refractivity contribution in [1.29, 1.82) is 0 Å². The van der Waals surface area contributed by atoms with Crippen LogP contribution >= 0.6 is 0 Å². The van der Waals surface area contributed by atoms with Crippen LogP contribution in [0.1, 0.15) is 81.8 Å². The molecule has 3 nitrogen and oxygen atoms in total. The van der Waals surface area contributed by atoms with Gasteiger partial charge >= 0.3 is 15.1 Å². The highest BCUT2D eigenvalue weighted by Crippen LogP contribution is 2.41. The molecule has 1 aliphatic heterocycles. The van der Waals surface area contributed by atoms with E-state index in [4.69, 9.17) is 11.4 Å². The van der Waals surface area contributed by atoms with Crippen LogP contribution in [0.4, 0.5) is 0 Å². The van der Waals surface area contributed by atoms with Gasteiger partial charge in [-0.2, -0.15) is 0 Å². The normalized spacial score (nSPS) is 14.6. The minimum absolute atomic E-state index is 0.0185. The average molecular weight is 425 g/mol. The van der Waals surface area contributed by atoms with Gasteiger partial charge in [-0.05, 0) is 66.7 Å². The maximum absolute atomic E-state index is 6.62. The Kier molecular flexibility index (Phi) is 6.63. The summed E-state index contributed by atoms with van der Waals surface area (Å²) in [6.45, 7) is 20.4. The van der Waals surface area contributed by atoms with Gasteiger partial charge in [-0.15, -0.1) is 0 Å². The SMILES string of the molecule is CC[O][Al]1[O]c2c(cc(C)cc2C(C)(C)C)CCc2cc(C)cc(C(C)(C)C)c2[O]1. The molecule has 0 fully saturated rings. The Labute approximate surface area is 188 Å². The maximum Gasteiger partial charge on any atom is 1.10 e. The summed E-state index contributed by atoms with van der Waals surface area (Å²) in [5, 5.41) is 0. The minimum Gasteiger partial charge on any atom is -0.588 e. The third-order valence-corrected chi connectivity index (χ3v) is 7.09. The summed E-state index contributed by atoms with van der Waals surface area (Å²) in [4.78, 5) is 0. The zero-order valence-electron chi connectivity index (χ0n) is 20.2. The Morgan fingerprint density at radius 1 is 0.767 bits per heavy atom. The Balaban J connectivity index is 2.20. The van der Waals surface area contributed by atoms with E-state index in [2.05, 4.69) is 79.7 Å². The standard InChI is InChI=1S/C24H34O2.C2H5O.Al/c1-15-11-17(21(25)19(13-15)23(3,4)5)9-10-18-12-16(2)14-20(22(18)26)24(6,7)8;1-2-3;/h11-14,25-26H,9-10H2,1-8H3;2H2,1H3;/q;-1;+3/p-2. The molecule has 0 aliphatic carbocycles. The second-order valence-electron chi connectivity index (χ2n) is 10.6. The Bertz CT molecular complexity index is 846. The summed E-state index contributed by atoms with van der Waals surface area (Å²) in [5.74, 6) is 1.94. The molecule has 0 saturated carbocycles. The number of aryl methyl sites for hydroxylation is 4. The summed E-state index contributed by atoms with van der Waals surface area (Å²) in [5.41, 5.74) is 7.49. The van der Waals surface area contributed by atoms with Crippen molar-refractivity contribution >= 4 is 15.1 Å². The molecular weight excluding hydrogens is 387 g/mol. The van der Waals surface area contributed by atoms with Crippen LogP contribution in [0.2, 0.25) is 0 Å². The molecule has 0 spiro atoms. The largest absolute Gasteiger partial charge is 1.10 e. The van der Waals surface area contributed by atoms with Gasteiger partial charge in [0, 0.05) is 6.61 Å². The van der Waals surface area contributed by atoms with Crippen LogP contribution in [-0.4, -0.2) is 21.8 Å². The zero-order chi connectivity index (χ0) is 22.3. The van der Waals surface area contributed by atoms with Crippen molar-refractivity contribution in [3.05, 3.63) is 57.6 Å². The first-order valence-corrected chi connectivity index (χ1v) is 12.5. The van der Waals surface area contributed by atoms with E-state index in [1.165, 1.54) is 33.4 Å². The molecule has 162 valence electrons. The van der Waals surface area contributed by atoms with E-state index in [1.54, 1.807) is 0 Å². The highest BCUT2D eigenvalue weighted by Gasteiger charge is 2.43. The molecule has 0 bridgehead atoms. The van der Waals surface area contributed by atoms with Crippen LogP contribution in [-0.2, 0) is 27.5 Å². The lowest BCUT2D eigenvalue weighted by Gasteiger charge is -2.28. The van der Waals surface area contributed by atoms with Crippen LogP contribution in [0.15, 0.2) is 24.3 Å². The lowest BCUT2D eigenvalue weighted by molar-refractivity contribution is 0.208. The molecule has 2 aromatic carbocycles. The van der Waals surface area contributed by atoms with Gasteiger partial charge in [0.15, 0.2) is 0 Å². The van der Waals surface area contributed by atoms with Crippen molar-refractivity contribution in [3.8, 4) is 11.5 Å².